The number of anilines is 1. The third kappa shape index (κ3) is 1.73. The van der Waals surface area contributed by atoms with Crippen LogP contribution >= 0.6 is 15.9 Å². The molecule has 0 unspecified atom stereocenters. The van der Waals surface area contributed by atoms with Gasteiger partial charge in [0.1, 0.15) is 17.0 Å². The molecule has 0 atom stereocenters. The van der Waals surface area contributed by atoms with Crippen molar-refractivity contribution in [3.8, 4) is 5.69 Å². The molecule has 7 heteroatoms. The van der Waals surface area contributed by atoms with E-state index in [1.165, 1.54) is 6.07 Å². The number of aromatic nitrogens is 4. The molecule has 1 aromatic carbocycles. The first-order chi connectivity index (χ1) is 9.54. The van der Waals surface area contributed by atoms with Gasteiger partial charge in [-0.25, -0.2) is 14.1 Å². The van der Waals surface area contributed by atoms with Crippen molar-refractivity contribution in [2.45, 2.75) is 13.3 Å². The van der Waals surface area contributed by atoms with Gasteiger partial charge in [-0.05, 0) is 34.5 Å². The molecule has 0 saturated heterocycles. The summed E-state index contributed by atoms with van der Waals surface area (Å²) in [6.45, 7) is 2.00. The summed E-state index contributed by atoms with van der Waals surface area (Å²) in [5.74, 6) is -0.127. The first kappa shape index (κ1) is 13.1. The Morgan fingerprint density at radius 3 is 2.80 bits per heavy atom. The van der Waals surface area contributed by atoms with Crippen LogP contribution in [0, 0.1) is 5.82 Å². The van der Waals surface area contributed by atoms with Crippen molar-refractivity contribution in [2.24, 2.45) is 7.05 Å². The zero-order chi connectivity index (χ0) is 14.4. The second kappa shape index (κ2) is 4.59. The topological polar surface area (TPSA) is 61.7 Å². The van der Waals surface area contributed by atoms with Gasteiger partial charge in [-0.2, -0.15) is 5.10 Å². The zero-order valence-corrected chi connectivity index (χ0v) is 12.6. The third-order valence-electron chi connectivity index (χ3n) is 3.23. The van der Waals surface area contributed by atoms with Crippen molar-refractivity contribution in [3.63, 3.8) is 0 Å². The Morgan fingerprint density at radius 1 is 1.40 bits per heavy atom. The standard InChI is InChI=1S/C13H13BrFN5/c1-3-9-10-12(19(2)18-9)20(13(16)17-10)11-7(14)5-4-6-8(11)15/h4-6H,3H2,1-2H3,(H2,16,17). The van der Waals surface area contributed by atoms with Crippen molar-refractivity contribution in [1.29, 1.82) is 0 Å². The average molecular weight is 338 g/mol. The van der Waals surface area contributed by atoms with Crippen molar-refractivity contribution < 1.29 is 4.39 Å². The summed E-state index contributed by atoms with van der Waals surface area (Å²) >= 11 is 3.36. The Balaban J connectivity index is 2.42. The number of aryl methyl sites for hydroxylation is 2. The van der Waals surface area contributed by atoms with Gasteiger partial charge in [-0.1, -0.05) is 13.0 Å². The van der Waals surface area contributed by atoms with E-state index in [2.05, 4.69) is 26.0 Å². The zero-order valence-electron chi connectivity index (χ0n) is 11.1. The molecule has 104 valence electrons. The fourth-order valence-corrected chi connectivity index (χ4v) is 2.88. The number of rotatable bonds is 2. The van der Waals surface area contributed by atoms with E-state index in [9.17, 15) is 4.39 Å². The van der Waals surface area contributed by atoms with Crippen LogP contribution in [0.2, 0.25) is 0 Å². The number of nitrogen functional groups attached to an aromatic ring is 1. The van der Waals surface area contributed by atoms with Crippen LogP contribution in [0.3, 0.4) is 0 Å². The Hall–Kier alpha value is -1.89. The van der Waals surface area contributed by atoms with Gasteiger partial charge < -0.3 is 5.73 Å². The highest BCUT2D eigenvalue weighted by molar-refractivity contribution is 9.10. The highest BCUT2D eigenvalue weighted by Crippen LogP contribution is 2.31. The monoisotopic (exact) mass is 337 g/mol. The first-order valence-corrected chi connectivity index (χ1v) is 6.98. The van der Waals surface area contributed by atoms with Gasteiger partial charge in [0, 0.05) is 11.5 Å². The van der Waals surface area contributed by atoms with Crippen LogP contribution in [0.1, 0.15) is 12.6 Å². The Labute approximate surface area is 123 Å². The minimum absolute atomic E-state index is 0.244. The molecule has 3 rings (SSSR count). The predicted octanol–water partition coefficient (Wildman–Crippen LogP) is 2.81. The van der Waals surface area contributed by atoms with Crippen molar-refractivity contribution in [1.82, 2.24) is 19.3 Å². The van der Waals surface area contributed by atoms with Gasteiger partial charge in [0.2, 0.25) is 5.95 Å². The van der Waals surface area contributed by atoms with Gasteiger partial charge >= 0.3 is 0 Å². The quantitative estimate of drug-likeness (QED) is 0.782. The van der Waals surface area contributed by atoms with Crippen molar-refractivity contribution >= 4 is 33.0 Å². The lowest BCUT2D eigenvalue weighted by molar-refractivity contribution is 0.617. The van der Waals surface area contributed by atoms with Crippen LogP contribution in [0.4, 0.5) is 10.3 Å². The van der Waals surface area contributed by atoms with E-state index < -0.39 is 0 Å². The molecule has 0 aliphatic rings. The van der Waals surface area contributed by atoms with E-state index in [1.807, 2.05) is 6.92 Å². The number of hydrogen-bond donors (Lipinski definition) is 1. The molecule has 20 heavy (non-hydrogen) atoms. The SMILES string of the molecule is CCc1nn(C)c2c1nc(N)n2-c1c(F)cccc1Br. The number of halogens is 2. The van der Waals surface area contributed by atoms with E-state index in [1.54, 1.807) is 28.4 Å². The lowest BCUT2D eigenvalue weighted by atomic mass is 10.3. The maximum absolute atomic E-state index is 14.2. The molecule has 0 aliphatic carbocycles. The molecular formula is C13H13BrFN5. The highest BCUT2D eigenvalue weighted by Gasteiger charge is 2.21. The van der Waals surface area contributed by atoms with Crippen LogP contribution in [0.25, 0.3) is 16.9 Å². The molecule has 2 N–H and O–H groups in total. The summed E-state index contributed by atoms with van der Waals surface area (Å²) in [4.78, 5) is 4.33. The normalized spacial score (nSPS) is 11.4. The summed E-state index contributed by atoms with van der Waals surface area (Å²) in [6, 6.07) is 4.79. The number of benzene rings is 1. The van der Waals surface area contributed by atoms with E-state index >= 15 is 0 Å². The smallest absolute Gasteiger partial charge is 0.207 e. The molecule has 0 radical (unpaired) electrons. The van der Waals surface area contributed by atoms with E-state index in [0.29, 0.717) is 21.3 Å². The molecular weight excluding hydrogens is 325 g/mol. The van der Waals surface area contributed by atoms with E-state index in [0.717, 1.165) is 12.1 Å². The lowest BCUT2D eigenvalue weighted by Gasteiger charge is -2.10. The molecule has 2 aromatic heterocycles. The van der Waals surface area contributed by atoms with Gasteiger partial charge in [0.15, 0.2) is 5.65 Å². The number of hydrogen-bond acceptors (Lipinski definition) is 3. The highest BCUT2D eigenvalue weighted by atomic mass is 79.9. The number of nitrogens with two attached hydrogens (primary N) is 1. The van der Waals surface area contributed by atoms with Crippen LogP contribution in [-0.4, -0.2) is 19.3 Å². The molecule has 0 bridgehead atoms. The van der Waals surface area contributed by atoms with E-state index in [-0.39, 0.29) is 11.8 Å². The van der Waals surface area contributed by atoms with Gasteiger partial charge in [0.25, 0.3) is 0 Å². The van der Waals surface area contributed by atoms with Crippen molar-refractivity contribution in [2.75, 3.05) is 5.73 Å². The molecule has 0 fully saturated rings. The van der Waals surface area contributed by atoms with Crippen molar-refractivity contribution in [3.05, 3.63) is 34.2 Å². The average Bonchev–Trinajstić information content (AvgIpc) is 2.88. The summed E-state index contributed by atoms with van der Waals surface area (Å²) in [7, 11) is 1.80. The fraction of sp³-hybridized carbons (Fsp3) is 0.231. The third-order valence-corrected chi connectivity index (χ3v) is 3.87. The Kier molecular flexibility index (Phi) is 3.01. The molecule has 0 amide bonds. The summed E-state index contributed by atoms with van der Waals surface area (Å²) in [5.41, 5.74) is 8.57. The largest absolute Gasteiger partial charge is 0.369 e. The van der Waals surface area contributed by atoms with Crippen LogP contribution in [0.5, 0.6) is 0 Å². The maximum atomic E-state index is 14.2. The van der Waals surface area contributed by atoms with Crippen LogP contribution in [-0.2, 0) is 13.5 Å². The molecule has 3 aromatic rings. The second-order valence-corrected chi connectivity index (χ2v) is 5.33. The lowest BCUT2D eigenvalue weighted by Crippen LogP contribution is -2.07. The van der Waals surface area contributed by atoms with Gasteiger partial charge in [-0.3, -0.25) is 4.57 Å². The minimum Gasteiger partial charge on any atom is -0.369 e. The second-order valence-electron chi connectivity index (χ2n) is 4.47. The molecule has 5 nitrogen and oxygen atoms in total. The fourth-order valence-electron chi connectivity index (χ4n) is 2.36. The predicted molar refractivity (Wildman–Crippen MR) is 79.3 cm³/mol. The summed E-state index contributed by atoms with van der Waals surface area (Å²) < 4.78 is 18.1. The number of para-hydroxylation sites is 1. The Morgan fingerprint density at radius 2 is 2.15 bits per heavy atom. The van der Waals surface area contributed by atoms with Crippen LogP contribution < -0.4 is 5.73 Å². The van der Waals surface area contributed by atoms with Gasteiger partial charge in [-0.15, -0.1) is 0 Å². The van der Waals surface area contributed by atoms with Crippen LogP contribution in [0.15, 0.2) is 22.7 Å². The van der Waals surface area contributed by atoms with Gasteiger partial charge in [0.05, 0.1) is 5.69 Å². The number of nitrogens with zero attached hydrogens (tertiary/aromatic N) is 4. The number of imidazole rings is 1. The summed E-state index contributed by atoms with van der Waals surface area (Å²) in [5, 5.41) is 4.39. The Bertz CT molecular complexity index is 785. The number of fused-ring (bicyclic) bond motifs is 1. The minimum atomic E-state index is -0.371. The molecule has 0 spiro atoms. The summed E-state index contributed by atoms with van der Waals surface area (Å²) in [6.07, 6.45) is 0.742. The maximum Gasteiger partial charge on any atom is 0.207 e. The molecule has 2 heterocycles. The molecule has 0 saturated carbocycles. The molecule has 0 aliphatic heterocycles. The van der Waals surface area contributed by atoms with E-state index in [4.69, 9.17) is 5.73 Å². The first-order valence-electron chi connectivity index (χ1n) is 6.18.